The summed E-state index contributed by atoms with van der Waals surface area (Å²) in [5, 5.41) is 0. The number of nitrogens with zero attached hydrogens (tertiary/aromatic N) is 4. The number of hydrogen-bond donors (Lipinski definition) is 0. The summed E-state index contributed by atoms with van der Waals surface area (Å²) in [6, 6.07) is 0. The van der Waals surface area contributed by atoms with E-state index >= 15 is 0 Å². The quantitative estimate of drug-likeness (QED) is 0.710. The number of hydrogen-bond acceptors (Lipinski definition) is 4. The molecule has 0 atom stereocenters. The topological polar surface area (TPSA) is 60.1 Å². The van der Waals surface area contributed by atoms with Crippen molar-refractivity contribution in [2.45, 2.75) is 26.3 Å². The highest BCUT2D eigenvalue weighted by Gasteiger charge is 2.10. The van der Waals surface area contributed by atoms with E-state index in [1.165, 1.54) is 4.57 Å². The highest BCUT2D eigenvalue weighted by atomic mass is 16.2. The van der Waals surface area contributed by atoms with Gasteiger partial charge in [0.1, 0.15) is 0 Å². The molecule has 0 fully saturated rings. The van der Waals surface area contributed by atoms with Crippen molar-refractivity contribution in [1.29, 1.82) is 0 Å². The zero-order chi connectivity index (χ0) is 13.7. The fourth-order valence-electron chi connectivity index (χ4n) is 1.59. The van der Waals surface area contributed by atoms with Gasteiger partial charge >= 0.3 is 11.4 Å². The van der Waals surface area contributed by atoms with Crippen molar-refractivity contribution in [3.8, 4) is 0 Å². The lowest BCUT2D eigenvalue weighted by atomic mass is 10.3. The third-order valence-electron chi connectivity index (χ3n) is 2.55. The Hall–Kier alpha value is -1.85. The highest BCUT2D eigenvalue weighted by Crippen LogP contribution is 1.97. The normalized spacial score (nSPS) is 11.1. The van der Waals surface area contributed by atoms with Gasteiger partial charge in [-0.3, -0.25) is 4.57 Å². The maximum absolute atomic E-state index is 12.0. The third kappa shape index (κ3) is 3.09. The van der Waals surface area contributed by atoms with Crippen LogP contribution in [0.15, 0.2) is 21.7 Å². The van der Waals surface area contributed by atoms with E-state index in [0.717, 1.165) is 17.4 Å². The molecule has 0 N–H and O–H groups in total. The smallest absolute Gasteiger partial charge is 0.348 e. The van der Waals surface area contributed by atoms with Gasteiger partial charge in [-0.15, -0.1) is 0 Å². The van der Waals surface area contributed by atoms with Gasteiger partial charge in [0, 0.05) is 21.1 Å². The lowest BCUT2D eigenvalue weighted by Crippen LogP contribution is -2.42. The van der Waals surface area contributed by atoms with Gasteiger partial charge in [0.15, 0.2) is 0 Å². The van der Waals surface area contributed by atoms with Crippen molar-refractivity contribution in [1.82, 2.24) is 14.1 Å². The van der Waals surface area contributed by atoms with Crippen molar-refractivity contribution in [3.05, 3.63) is 33.1 Å². The Labute approximate surface area is 106 Å². The molecule has 1 aromatic rings. The Morgan fingerprint density at radius 3 is 2.50 bits per heavy atom. The molecular weight excluding hydrogens is 232 g/mol. The number of rotatable bonds is 5. The molecule has 6 heteroatoms. The van der Waals surface area contributed by atoms with Gasteiger partial charge in [-0.1, -0.05) is 25.5 Å². The van der Waals surface area contributed by atoms with Crippen LogP contribution in [0.5, 0.6) is 0 Å². The van der Waals surface area contributed by atoms with Crippen molar-refractivity contribution < 1.29 is 0 Å². The van der Waals surface area contributed by atoms with Crippen LogP contribution in [0.25, 0.3) is 0 Å². The van der Waals surface area contributed by atoms with Gasteiger partial charge in [-0.05, 0) is 6.42 Å². The molecule has 0 radical (unpaired) electrons. The van der Waals surface area contributed by atoms with Crippen LogP contribution in [0.2, 0.25) is 0 Å². The molecule has 1 heterocycles. The Balaban J connectivity index is 3.12. The summed E-state index contributed by atoms with van der Waals surface area (Å²) in [5.41, 5.74) is -0.859. The molecule has 0 bridgehead atoms. The predicted molar refractivity (Wildman–Crippen MR) is 72.1 cm³/mol. The first-order valence-corrected chi connectivity index (χ1v) is 5.99. The van der Waals surface area contributed by atoms with E-state index < -0.39 is 5.69 Å². The van der Waals surface area contributed by atoms with E-state index in [9.17, 15) is 9.59 Å². The molecule has 0 amide bonds. The molecule has 0 spiro atoms. The summed E-state index contributed by atoms with van der Waals surface area (Å²) in [6.07, 6.45) is 5.77. The molecule has 6 nitrogen and oxygen atoms in total. The van der Waals surface area contributed by atoms with E-state index in [4.69, 9.17) is 0 Å². The van der Waals surface area contributed by atoms with Crippen LogP contribution in [-0.2, 0) is 13.6 Å². The molecule has 0 aliphatic rings. The van der Waals surface area contributed by atoms with Gasteiger partial charge in [-0.25, -0.2) is 14.2 Å². The van der Waals surface area contributed by atoms with E-state index in [2.05, 4.69) is 11.9 Å². The van der Waals surface area contributed by atoms with E-state index in [1.54, 1.807) is 26.0 Å². The van der Waals surface area contributed by atoms with Crippen LogP contribution in [0.4, 0.5) is 5.95 Å². The molecular formula is C12H20N4O2. The maximum Gasteiger partial charge on any atom is 0.355 e. The number of anilines is 1. The molecule has 1 rings (SSSR count). The Morgan fingerprint density at radius 2 is 1.94 bits per heavy atom. The van der Waals surface area contributed by atoms with Gasteiger partial charge in [-0.2, -0.15) is 4.98 Å². The van der Waals surface area contributed by atoms with E-state index in [1.807, 2.05) is 12.2 Å². The van der Waals surface area contributed by atoms with E-state index in [-0.39, 0.29) is 12.2 Å². The minimum Gasteiger partial charge on any atom is -0.348 e. The molecule has 0 aliphatic carbocycles. The van der Waals surface area contributed by atoms with Crippen LogP contribution >= 0.6 is 0 Å². The minimum absolute atomic E-state index is 0.270. The molecule has 0 saturated carbocycles. The van der Waals surface area contributed by atoms with Crippen molar-refractivity contribution in [3.63, 3.8) is 0 Å². The molecule has 0 unspecified atom stereocenters. The Morgan fingerprint density at radius 1 is 1.28 bits per heavy atom. The van der Waals surface area contributed by atoms with Gasteiger partial charge in [0.2, 0.25) is 5.95 Å². The summed E-state index contributed by atoms with van der Waals surface area (Å²) in [5.74, 6) is 0.360. The summed E-state index contributed by atoms with van der Waals surface area (Å²) >= 11 is 0. The van der Waals surface area contributed by atoms with Gasteiger partial charge in [0.25, 0.3) is 0 Å². The number of aromatic nitrogens is 3. The fourth-order valence-corrected chi connectivity index (χ4v) is 1.59. The number of unbranched alkanes of at least 4 members (excludes halogenated alkanes) is 1. The zero-order valence-corrected chi connectivity index (χ0v) is 11.4. The Bertz CT molecular complexity index is 540. The van der Waals surface area contributed by atoms with E-state index in [0.29, 0.717) is 5.95 Å². The second-order valence-corrected chi connectivity index (χ2v) is 4.30. The van der Waals surface area contributed by atoms with Gasteiger partial charge < -0.3 is 4.90 Å². The zero-order valence-electron chi connectivity index (χ0n) is 11.4. The largest absolute Gasteiger partial charge is 0.355 e. The highest BCUT2D eigenvalue weighted by molar-refractivity contribution is 5.25. The monoisotopic (exact) mass is 252 g/mol. The summed E-state index contributed by atoms with van der Waals surface area (Å²) in [7, 11) is 5.09. The second-order valence-electron chi connectivity index (χ2n) is 4.30. The summed E-state index contributed by atoms with van der Waals surface area (Å²) in [6.45, 7) is 2.34. The van der Waals surface area contributed by atoms with Crippen LogP contribution in [0, 0.1) is 0 Å². The molecule has 1 aromatic heterocycles. The average molecular weight is 252 g/mol. The standard InChI is InChI=1S/C12H20N4O2/c1-5-6-7-8-9-16-11(17)13-10(14(2)3)15(4)12(16)18/h7-8H,5-6,9H2,1-4H3/b8-7+. The van der Waals surface area contributed by atoms with Gasteiger partial charge in [0.05, 0.1) is 6.54 Å². The lowest BCUT2D eigenvalue weighted by Gasteiger charge is -2.15. The SMILES string of the molecule is CCC/C=C/Cn1c(=O)nc(N(C)C)n(C)c1=O. The first-order chi connectivity index (χ1) is 8.49. The fraction of sp³-hybridized carbons (Fsp3) is 0.583. The van der Waals surface area contributed by atoms with Crippen molar-refractivity contribution >= 4 is 5.95 Å². The minimum atomic E-state index is -0.511. The van der Waals surface area contributed by atoms with Crippen LogP contribution in [-0.4, -0.2) is 28.2 Å². The molecule has 0 aliphatic heterocycles. The van der Waals surface area contributed by atoms with Crippen LogP contribution in [0.3, 0.4) is 0 Å². The molecule has 0 aromatic carbocycles. The average Bonchev–Trinajstić information content (AvgIpc) is 2.32. The molecule has 100 valence electrons. The van der Waals surface area contributed by atoms with Crippen molar-refractivity contribution in [2.24, 2.45) is 7.05 Å². The van der Waals surface area contributed by atoms with Crippen LogP contribution in [0.1, 0.15) is 19.8 Å². The first kappa shape index (κ1) is 14.2. The predicted octanol–water partition coefficient (Wildman–Crippen LogP) is 0.364. The summed E-state index contributed by atoms with van der Waals surface area (Å²) < 4.78 is 2.49. The summed E-state index contributed by atoms with van der Waals surface area (Å²) in [4.78, 5) is 29.3. The maximum atomic E-state index is 12.0. The number of allylic oxidation sites excluding steroid dienone is 2. The molecule has 0 saturated heterocycles. The third-order valence-corrected chi connectivity index (χ3v) is 2.55. The Kier molecular flexibility index (Phi) is 4.88. The van der Waals surface area contributed by atoms with Crippen LogP contribution < -0.4 is 16.3 Å². The first-order valence-electron chi connectivity index (χ1n) is 5.99. The lowest BCUT2D eigenvalue weighted by molar-refractivity contribution is 0.609. The van der Waals surface area contributed by atoms with Crippen molar-refractivity contribution in [2.75, 3.05) is 19.0 Å². The second kappa shape index (κ2) is 6.18. The molecule has 18 heavy (non-hydrogen) atoms.